The highest BCUT2D eigenvalue weighted by atomic mass is 15.1. The van der Waals surface area contributed by atoms with Crippen LogP contribution in [0.5, 0.6) is 0 Å². The molecule has 0 heterocycles. The molecule has 0 N–H and O–H groups in total. The maximum absolute atomic E-state index is 2.31. The van der Waals surface area contributed by atoms with E-state index in [-0.39, 0.29) is 0 Å². The molecule has 0 aliphatic carbocycles. The van der Waals surface area contributed by atoms with Crippen LogP contribution in [0.25, 0.3) is 33.4 Å². The molecule has 0 atom stereocenters. The Bertz CT molecular complexity index is 2800. The van der Waals surface area contributed by atoms with Crippen LogP contribution in [0.1, 0.15) is 22.3 Å². The SMILES string of the molecule is c1ccc(C(=C(c2ccc(-c3cccc(N(c4ccccc4)c4ccccc4)c3)cc2)c2ccc(-c3cccc(N(c4ccccc4)c4ccccc4)c3)cc2)c2ccccc2)cc1. The van der Waals surface area contributed by atoms with Gasteiger partial charge in [-0.05, 0) is 128 Å². The molecule has 10 rings (SSSR count). The fourth-order valence-corrected chi connectivity index (χ4v) is 8.63. The number of hydrogen-bond donors (Lipinski definition) is 0. The van der Waals surface area contributed by atoms with Gasteiger partial charge in [0.1, 0.15) is 0 Å². The van der Waals surface area contributed by atoms with Gasteiger partial charge in [-0.1, -0.05) is 206 Å². The van der Waals surface area contributed by atoms with Crippen molar-refractivity contribution in [2.24, 2.45) is 0 Å². The first kappa shape index (κ1) is 39.7. The summed E-state index contributed by atoms with van der Waals surface area (Å²) < 4.78 is 0. The average Bonchev–Trinajstić information content (AvgIpc) is 3.38. The molecular weight excluding hydrogens is 773 g/mol. The van der Waals surface area contributed by atoms with Crippen LogP contribution in [0.3, 0.4) is 0 Å². The third-order valence-electron chi connectivity index (χ3n) is 11.7. The zero-order valence-electron chi connectivity index (χ0n) is 35.5. The van der Waals surface area contributed by atoms with Crippen LogP contribution in [0.4, 0.5) is 34.1 Å². The van der Waals surface area contributed by atoms with Crippen molar-refractivity contribution in [2.45, 2.75) is 0 Å². The average molecular weight is 819 g/mol. The lowest BCUT2D eigenvalue weighted by Gasteiger charge is -2.26. The molecule has 0 radical (unpaired) electrons. The second kappa shape index (κ2) is 18.7. The fourth-order valence-electron chi connectivity index (χ4n) is 8.63. The molecule has 304 valence electrons. The number of para-hydroxylation sites is 4. The highest BCUT2D eigenvalue weighted by Crippen LogP contribution is 2.41. The smallest absolute Gasteiger partial charge is 0.0467 e. The summed E-state index contributed by atoms with van der Waals surface area (Å²) in [6.07, 6.45) is 0. The van der Waals surface area contributed by atoms with E-state index < -0.39 is 0 Å². The molecule has 10 aromatic rings. The van der Waals surface area contributed by atoms with Crippen molar-refractivity contribution in [3.05, 3.63) is 301 Å². The van der Waals surface area contributed by atoms with Gasteiger partial charge < -0.3 is 9.80 Å². The van der Waals surface area contributed by atoms with Gasteiger partial charge in [-0.15, -0.1) is 0 Å². The quantitative estimate of drug-likeness (QED) is 0.113. The van der Waals surface area contributed by atoms with E-state index in [2.05, 4.69) is 289 Å². The second-order valence-corrected chi connectivity index (χ2v) is 15.8. The summed E-state index contributed by atoms with van der Waals surface area (Å²) in [6.45, 7) is 0. The van der Waals surface area contributed by atoms with Crippen LogP contribution in [0, 0.1) is 0 Å². The van der Waals surface area contributed by atoms with Crippen LogP contribution >= 0.6 is 0 Å². The van der Waals surface area contributed by atoms with Gasteiger partial charge in [0, 0.05) is 34.1 Å². The van der Waals surface area contributed by atoms with E-state index in [1.165, 1.54) is 22.3 Å². The Morgan fingerprint density at radius 1 is 0.188 bits per heavy atom. The summed E-state index contributed by atoms with van der Waals surface area (Å²) in [7, 11) is 0. The molecule has 0 bridgehead atoms. The Kier molecular flexibility index (Phi) is 11.6. The zero-order valence-corrected chi connectivity index (χ0v) is 35.5. The molecule has 0 saturated carbocycles. The standard InChI is InChI=1S/C62H46N2/c1-7-21-49(22-8-1)61(50-23-9-2-10-24-50)62(51-41-37-47(38-42-51)53-25-19-35-59(45-53)63(55-27-11-3-12-28-55)56-29-13-4-14-30-56)52-43-39-48(40-44-52)54-26-20-36-60(46-54)64(57-31-15-5-16-32-57)58-33-17-6-18-34-58/h1-46H. The minimum absolute atomic E-state index is 1.11. The van der Waals surface area contributed by atoms with Gasteiger partial charge in [0.2, 0.25) is 0 Å². The van der Waals surface area contributed by atoms with Gasteiger partial charge in [-0.25, -0.2) is 0 Å². The summed E-state index contributed by atoms with van der Waals surface area (Å²) in [5.41, 5.74) is 18.3. The van der Waals surface area contributed by atoms with Gasteiger partial charge in [0.25, 0.3) is 0 Å². The van der Waals surface area contributed by atoms with Gasteiger partial charge in [-0.3, -0.25) is 0 Å². The molecule has 2 heteroatoms. The predicted molar refractivity (Wildman–Crippen MR) is 271 cm³/mol. The Labute approximate surface area is 377 Å². The van der Waals surface area contributed by atoms with Crippen LogP contribution < -0.4 is 9.80 Å². The first-order chi connectivity index (χ1) is 31.8. The monoisotopic (exact) mass is 818 g/mol. The lowest BCUT2D eigenvalue weighted by atomic mass is 9.85. The summed E-state index contributed by atoms with van der Waals surface area (Å²) in [4.78, 5) is 4.63. The van der Waals surface area contributed by atoms with E-state index in [0.29, 0.717) is 0 Å². The highest BCUT2D eigenvalue weighted by molar-refractivity contribution is 6.05. The fraction of sp³-hybridized carbons (Fsp3) is 0. The largest absolute Gasteiger partial charge is 0.310 e. The van der Waals surface area contributed by atoms with Crippen LogP contribution in [-0.4, -0.2) is 0 Å². The summed E-state index contributed by atoms with van der Waals surface area (Å²) in [5.74, 6) is 0. The molecule has 0 aromatic heterocycles. The summed E-state index contributed by atoms with van der Waals surface area (Å²) in [5, 5.41) is 0. The Morgan fingerprint density at radius 2 is 0.438 bits per heavy atom. The number of anilines is 6. The van der Waals surface area contributed by atoms with Crippen molar-refractivity contribution in [1.29, 1.82) is 0 Å². The van der Waals surface area contributed by atoms with E-state index in [9.17, 15) is 0 Å². The van der Waals surface area contributed by atoms with E-state index in [1.807, 2.05) is 0 Å². The number of rotatable bonds is 12. The van der Waals surface area contributed by atoms with Crippen LogP contribution in [-0.2, 0) is 0 Å². The number of benzene rings is 10. The van der Waals surface area contributed by atoms with E-state index >= 15 is 0 Å². The molecule has 0 fully saturated rings. The summed E-state index contributed by atoms with van der Waals surface area (Å²) >= 11 is 0. The van der Waals surface area contributed by atoms with Crippen molar-refractivity contribution in [1.82, 2.24) is 0 Å². The van der Waals surface area contributed by atoms with Gasteiger partial charge in [0.15, 0.2) is 0 Å². The molecule has 64 heavy (non-hydrogen) atoms. The van der Waals surface area contributed by atoms with Crippen LogP contribution in [0.15, 0.2) is 279 Å². The van der Waals surface area contributed by atoms with Crippen molar-refractivity contribution in [3.8, 4) is 22.3 Å². The third kappa shape index (κ3) is 8.54. The maximum atomic E-state index is 2.31. The number of hydrogen-bond acceptors (Lipinski definition) is 2. The Balaban J connectivity index is 1.05. The third-order valence-corrected chi connectivity index (χ3v) is 11.7. The highest BCUT2D eigenvalue weighted by Gasteiger charge is 2.19. The van der Waals surface area contributed by atoms with Crippen molar-refractivity contribution in [3.63, 3.8) is 0 Å². The normalized spacial score (nSPS) is 10.8. The predicted octanol–water partition coefficient (Wildman–Crippen LogP) is 17.0. The zero-order chi connectivity index (χ0) is 42.9. The van der Waals surface area contributed by atoms with Crippen LogP contribution in [0.2, 0.25) is 0 Å². The summed E-state index contributed by atoms with van der Waals surface area (Å²) in [6, 6.07) is 99.8. The molecule has 0 unspecified atom stereocenters. The lowest BCUT2D eigenvalue weighted by Crippen LogP contribution is -2.09. The van der Waals surface area contributed by atoms with Crippen molar-refractivity contribution < 1.29 is 0 Å². The molecule has 0 aliphatic heterocycles. The van der Waals surface area contributed by atoms with E-state index in [4.69, 9.17) is 0 Å². The van der Waals surface area contributed by atoms with Crippen molar-refractivity contribution >= 4 is 45.3 Å². The first-order valence-electron chi connectivity index (χ1n) is 21.8. The molecule has 2 nitrogen and oxygen atoms in total. The Morgan fingerprint density at radius 3 is 0.734 bits per heavy atom. The van der Waals surface area contributed by atoms with E-state index in [1.54, 1.807) is 0 Å². The molecular formula is C62H46N2. The first-order valence-corrected chi connectivity index (χ1v) is 21.8. The molecule has 0 saturated heterocycles. The lowest BCUT2D eigenvalue weighted by molar-refractivity contribution is 1.28. The van der Waals surface area contributed by atoms with Gasteiger partial charge in [0.05, 0.1) is 0 Å². The Hall–Kier alpha value is -8.46. The molecule has 10 aromatic carbocycles. The van der Waals surface area contributed by atoms with Crippen molar-refractivity contribution in [2.75, 3.05) is 9.80 Å². The molecule has 0 spiro atoms. The minimum atomic E-state index is 1.11. The van der Waals surface area contributed by atoms with Gasteiger partial charge >= 0.3 is 0 Å². The topological polar surface area (TPSA) is 6.48 Å². The minimum Gasteiger partial charge on any atom is -0.310 e. The van der Waals surface area contributed by atoms with E-state index in [0.717, 1.165) is 67.5 Å². The number of nitrogens with zero attached hydrogens (tertiary/aromatic N) is 2. The second-order valence-electron chi connectivity index (χ2n) is 15.8. The molecule has 0 aliphatic rings. The van der Waals surface area contributed by atoms with Gasteiger partial charge in [-0.2, -0.15) is 0 Å². The maximum Gasteiger partial charge on any atom is 0.0467 e. The molecule has 0 amide bonds.